The van der Waals surface area contributed by atoms with Gasteiger partial charge >= 0.3 is 0 Å². The third-order valence-electron chi connectivity index (χ3n) is 1.35. The van der Waals surface area contributed by atoms with Crippen LogP contribution in [0.4, 0.5) is 0 Å². The summed E-state index contributed by atoms with van der Waals surface area (Å²) in [4.78, 5) is 4.08. The first kappa shape index (κ1) is 9.48. The Balaban J connectivity index is 2.65. The van der Waals surface area contributed by atoms with Gasteiger partial charge in [0.2, 0.25) is 0 Å². The van der Waals surface area contributed by atoms with E-state index < -0.39 is 0 Å². The third-order valence-corrected chi connectivity index (χ3v) is 2.74. The number of rotatable bonds is 2. The number of aromatic nitrogens is 2. The number of hydrogen-bond acceptors (Lipinski definition) is 3. The monoisotopic (exact) mass is 198 g/mol. The van der Waals surface area contributed by atoms with Gasteiger partial charge in [-0.1, -0.05) is 30.1 Å². The van der Waals surface area contributed by atoms with E-state index in [0.717, 1.165) is 15.9 Å². The number of hydrogen-bond donors (Lipinski definition) is 0. The molecule has 4 heteroatoms. The van der Waals surface area contributed by atoms with Crippen molar-refractivity contribution in [3.8, 4) is 0 Å². The normalized spacial score (nSPS) is 9.75. The first-order valence-electron chi connectivity index (χ1n) is 3.53. The highest BCUT2D eigenvalue weighted by molar-refractivity contribution is 8.23. The van der Waals surface area contributed by atoms with E-state index in [1.807, 2.05) is 23.8 Å². The van der Waals surface area contributed by atoms with Crippen molar-refractivity contribution >= 4 is 28.3 Å². The molecule has 0 aliphatic carbocycles. The number of thiocarbonyl (C=S) groups is 1. The number of nitrogens with zero attached hydrogens (tertiary/aromatic N) is 2. The second-order valence-corrected chi connectivity index (χ2v) is 3.86. The van der Waals surface area contributed by atoms with Crippen LogP contribution in [-0.4, -0.2) is 19.6 Å². The van der Waals surface area contributed by atoms with Crippen LogP contribution in [0.5, 0.6) is 0 Å². The van der Waals surface area contributed by atoms with Gasteiger partial charge in [-0.05, 0) is 6.92 Å². The molecule has 0 spiro atoms. The van der Waals surface area contributed by atoms with Gasteiger partial charge in [0.15, 0.2) is 0 Å². The molecule has 1 heterocycles. The zero-order valence-electron chi connectivity index (χ0n) is 6.86. The Bertz CT molecular complexity index is 291. The largest absolute Gasteiger partial charge is 0.289 e. The Morgan fingerprint density at radius 3 is 3.17 bits per heavy atom. The summed E-state index contributed by atoms with van der Waals surface area (Å²) in [5, 5.41) is 0. The molecule has 2 nitrogen and oxygen atoms in total. The van der Waals surface area contributed by atoms with Crippen LogP contribution in [-0.2, 0) is 0 Å². The molecule has 64 valence electrons. The molecule has 0 N–H and O–H groups in total. The van der Waals surface area contributed by atoms with Crippen LogP contribution in [0.3, 0.4) is 0 Å². The van der Waals surface area contributed by atoms with E-state index in [1.54, 1.807) is 18.0 Å². The molecule has 0 aromatic carbocycles. The Labute approximate surface area is 81.7 Å². The minimum absolute atomic E-state index is 0.824. The van der Waals surface area contributed by atoms with E-state index >= 15 is 0 Å². The van der Waals surface area contributed by atoms with E-state index in [0.29, 0.717) is 0 Å². The molecule has 0 aliphatic heterocycles. The summed E-state index contributed by atoms with van der Waals surface area (Å²) in [6.45, 7) is 5.56. The van der Waals surface area contributed by atoms with Gasteiger partial charge in [0.1, 0.15) is 10.1 Å². The quantitative estimate of drug-likeness (QED) is 0.536. The third kappa shape index (κ3) is 2.19. The average Bonchev–Trinajstić information content (AvgIpc) is 2.47. The average molecular weight is 198 g/mol. The van der Waals surface area contributed by atoms with E-state index in [4.69, 9.17) is 12.2 Å². The highest BCUT2D eigenvalue weighted by Gasteiger charge is 2.01. The van der Waals surface area contributed by atoms with E-state index in [2.05, 4.69) is 11.6 Å². The molecule has 1 aromatic heterocycles. The molecule has 0 radical (unpaired) electrons. The Hall–Kier alpha value is -0.610. The maximum absolute atomic E-state index is 5.17. The number of imidazole rings is 1. The molecule has 0 bridgehead atoms. The highest BCUT2D eigenvalue weighted by Crippen LogP contribution is 2.08. The molecule has 0 aliphatic rings. The lowest BCUT2D eigenvalue weighted by Gasteiger charge is -2.03. The highest BCUT2D eigenvalue weighted by atomic mass is 32.2. The van der Waals surface area contributed by atoms with Crippen molar-refractivity contribution in [3.63, 3.8) is 0 Å². The fourth-order valence-electron chi connectivity index (χ4n) is 0.771. The summed E-state index contributed by atoms with van der Waals surface area (Å²) in [5.74, 6) is 1.77. The molecular formula is C8H10N2S2. The smallest absolute Gasteiger partial charge is 0.146 e. The van der Waals surface area contributed by atoms with Crippen LogP contribution >= 0.6 is 24.0 Å². The summed E-state index contributed by atoms with van der Waals surface area (Å²) in [6, 6.07) is 0. The minimum Gasteiger partial charge on any atom is -0.289 e. The Kier molecular flexibility index (Phi) is 3.49. The van der Waals surface area contributed by atoms with Crippen molar-refractivity contribution in [2.45, 2.75) is 6.92 Å². The SMILES string of the molecule is C=CCSC(=S)n1ccnc1C. The maximum atomic E-state index is 5.17. The summed E-state index contributed by atoms with van der Waals surface area (Å²) >= 11 is 6.75. The van der Waals surface area contributed by atoms with Crippen LogP contribution in [0.25, 0.3) is 0 Å². The van der Waals surface area contributed by atoms with Crippen molar-refractivity contribution in [2.75, 3.05) is 5.75 Å². The molecule has 1 rings (SSSR count). The van der Waals surface area contributed by atoms with Gasteiger partial charge < -0.3 is 0 Å². The summed E-state index contributed by atoms with van der Waals surface area (Å²) in [7, 11) is 0. The molecular weight excluding hydrogens is 188 g/mol. The lowest BCUT2D eigenvalue weighted by Crippen LogP contribution is -2.05. The molecule has 0 saturated carbocycles. The summed E-state index contributed by atoms with van der Waals surface area (Å²) in [6.07, 6.45) is 5.45. The lowest BCUT2D eigenvalue weighted by molar-refractivity contribution is 1.06. The predicted molar refractivity (Wildman–Crippen MR) is 57.6 cm³/mol. The fourth-order valence-corrected chi connectivity index (χ4v) is 1.76. The van der Waals surface area contributed by atoms with Crippen molar-refractivity contribution < 1.29 is 0 Å². The molecule has 0 atom stereocenters. The van der Waals surface area contributed by atoms with Gasteiger partial charge in [0.25, 0.3) is 0 Å². The van der Waals surface area contributed by atoms with Crippen molar-refractivity contribution in [3.05, 3.63) is 30.9 Å². The van der Waals surface area contributed by atoms with Gasteiger partial charge in [0.05, 0.1) is 0 Å². The maximum Gasteiger partial charge on any atom is 0.146 e. The summed E-state index contributed by atoms with van der Waals surface area (Å²) < 4.78 is 2.72. The van der Waals surface area contributed by atoms with Crippen LogP contribution < -0.4 is 0 Å². The first-order chi connectivity index (χ1) is 5.75. The number of aryl methyl sites for hydroxylation is 1. The zero-order valence-corrected chi connectivity index (χ0v) is 8.49. The van der Waals surface area contributed by atoms with Gasteiger partial charge in [-0.2, -0.15) is 0 Å². The molecule has 0 amide bonds. The molecule has 1 aromatic rings. The van der Waals surface area contributed by atoms with Crippen molar-refractivity contribution in [1.82, 2.24) is 9.55 Å². The van der Waals surface area contributed by atoms with Crippen molar-refractivity contribution in [1.29, 1.82) is 0 Å². The second-order valence-electron chi connectivity index (χ2n) is 2.21. The number of thioether (sulfide) groups is 1. The predicted octanol–water partition coefficient (Wildman–Crippen LogP) is 2.24. The van der Waals surface area contributed by atoms with Gasteiger partial charge in [-0.25, -0.2) is 4.98 Å². The van der Waals surface area contributed by atoms with Crippen LogP contribution in [0.15, 0.2) is 25.0 Å². The lowest BCUT2D eigenvalue weighted by atomic mass is 10.7. The van der Waals surface area contributed by atoms with Gasteiger partial charge in [-0.3, -0.25) is 4.57 Å². The van der Waals surface area contributed by atoms with Crippen LogP contribution in [0.2, 0.25) is 0 Å². The van der Waals surface area contributed by atoms with Gasteiger partial charge in [-0.15, -0.1) is 6.58 Å². The summed E-state index contributed by atoms with van der Waals surface area (Å²) in [5.41, 5.74) is 0. The Morgan fingerprint density at radius 1 is 1.92 bits per heavy atom. The Morgan fingerprint density at radius 2 is 2.67 bits per heavy atom. The molecule has 0 saturated heterocycles. The fraction of sp³-hybridized carbons (Fsp3) is 0.250. The molecule has 0 fully saturated rings. The first-order valence-corrected chi connectivity index (χ1v) is 4.93. The van der Waals surface area contributed by atoms with Crippen LogP contribution in [0, 0.1) is 6.92 Å². The van der Waals surface area contributed by atoms with E-state index in [9.17, 15) is 0 Å². The standard InChI is InChI=1S/C8H10N2S2/c1-3-6-12-8(11)10-5-4-9-7(10)2/h3-5H,1,6H2,2H3. The zero-order chi connectivity index (χ0) is 8.97. The molecule has 0 unspecified atom stereocenters. The molecule has 12 heavy (non-hydrogen) atoms. The topological polar surface area (TPSA) is 17.8 Å². The van der Waals surface area contributed by atoms with E-state index in [-0.39, 0.29) is 0 Å². The van der Waals surface area contributed by atoms with E-state index in [1.165, 1.54) is 0 Å². The minimum atomic E-state index is 0.824. The van der Waals surface area contributed by atoms with Crippen molar-refractivity contribution in [2.24, 2.45) is 0 Å². The second kappa shape index (κ2) is 4.42. The van der Waals surface area contributed by atoms with Gasteiger partial charge in [0, 0.05) is 18.1 Å². The van der Waals surface area contributed by atoms with Crippen LogP contribution in [0.1, 0.15) is 5.82 Å².